The normalized spacial score (nSPS) is 12.6. The highest BCUT2D eigenvalue weighted by Gasteiger charge is 2.35. The first-order valence-corrected chi connectivity index (χ1v) is 10.8. The van der Waals surface area contributed by atoms with Gasteiger partial charge in [0.1, 0.15) is 5.75 Å². The number of methoxy groups -OCH3 is 1. The van der Waals surface area contributed by atoms with Gasteiger partial charge in [-0.1, -0.05) is 6.07 Å². The van der Waals surface area contributed by atoms with Gasteiger partial charge in [-0.15, -0.1) is 0 Å². The molecular formula is C25H24N4O5. The van der Waals surface area contributed by atoms with Crippen molar-refractivity contribution in [1.82, 2.24) is 14.9 Å². The summed E-state index contributed by atoms with van der Waals surface area (Å²) in [5.41, 5.74) is 2.85. The first-order chi connectivity index (χ1) is 16.4. The molecule has 0 saturated carbocycles. The maximum atomic E-state index is 12.9. The van der Waals surface area contributed by atoms with Crippen molar-refractivity contribution < 1.29 is 23.9 Å². The van der Waals surface area contributed by atoms with Gasteiger partial charge in [0.05, 0.1) is 11.1 Å². The van der Waals surface area contributed by atoms with Crippen LogP contribution in [-0.4, -0.2) is 52.9 Å². The Balaban J connectivity index is 1.47. The maximum absolute atomic E-state index is 12.9. The number of hydrogen-bond acceptors (Lipinski definition) is 7. The SMILES string of the molecule is COCCCN1C(=O)c2ccc(C(=O)Nc3cccc(Oc4nc(C)cc(C)n4)c3)cc2C1=O. The van der Waals surface area contributed by atoms with Gasteiger partial charge in [-0.05, 0) is 56.7 Å². The monoisotopic (exact) mass is 460 g/mol. The fraction of sp³-hybridized carbons (Fsp3) is 0.240. The number of aryl methyl sites for hydroxylation is 2. The first kappa shape index (κ1) is 23.1. The molecule has 0 atom stereocenters. The summed E-state index contributed by atoms with van der Waals surface area (Å²) in [5, 5.41) is 2.79. The van der Waals surface area contributed by atoms with E-state index in [9.17, 15) is 14.4 Å². The number of imide groups is 1. The summed E-state index contributed by atoms with van der Waals surface area (Å²) >= 11 is 0. The molecule has 0 bridgehead atoms. The zero-order valence-electron chi connectivity index (χ0n) is 19.1. The smallest absolute Gasteiger partial charge is 0.322 e. The average Bonchev–Trinajstić information content (AvgIpc) is 3.03. The van der Waals surface area contributed by atoms with Gasteiger partial charge in [-0.3, -0.25) is 19.3 Å². The van der Waals surface area contributed by atoms with E-state index in [1.54, 1.807) is 31.4 Å². The number of hydrogen-bond donors (Lipinski definition) is 1. The van der Waals surface area contributed by atoms with Gasteiger partial charge in [-0.25, -0.2) is 9.97 Å². The topological polar surface area (TPSA) is 111 Å². The lowest BCUT2D eigenvalue weighted by Gasteiger charge is -2.12. The number of aromatic nitrogens is 2. The van der Waals surface area contributed by atoms with Crippen molar-refractivity contribution in [3.63, 3.8) is 0 Å². The maximum Gasteiger partial charge on any atom is 0.322 e. The number of fused-ring (bicyclic) bond motifs is 1. The Labute approximate surface area is 196 Å². The number of rotatable bonds is 8. The molecule has 174 valence electrons. The van der Waals surface area contributed by atoms with Crippen LogP contribution >= 0.6 is 0 Å². The van der Waals surface area contributed by atoms with E-state index >= 15 is 0 Å². The Hall–Kier alpha value is -4.11. The molecule has 0 unspecified atom stereocenters. The van der Waals surface area contributed by atoms with Crippen LogP contribution in [0.2, 0.25) is 0 Å². The summed E-state index contributed by atoms with van der Waals surface area (Å²) in [5.74, 6) is -0.721. The van der Waals surface area contributed by atoms with Crippen LogP contribution in [0.3, 0.4) is 0 Å². The summed E-state index contributed by atoms with van der Waals surface area (Å²) < 4.78 is 10.7. The summed E-state index contributed by atoms with van der Waals surface area (Å²) in [7, 11) is 1.56. The molecule has 2 aromatic carbocycles. The van der Waals surface area contributed by atoms with E-state index in [1.807, 2.05) is 19.9 Å². The van der Waals surface area contributed by atoms with Crippen LogP contribution in [0.15, 0.2) is 48.5 Å². The molecule has 1 aromatic heterocycles. The fourth-order valence-electron chi connectivity index (χ4n) is 3.69. The minimum absolute atomic E-state index is 0.220. The van der Waals surface area contributed by atoms with Gasteiger partial charge >= 0.3 is 6.01 Å². The third-order valence-electron chi connectivity index (χ3n) is 5.23. The van der Waals surface area contributed by atoms with Crippen LogP contribution in [0.4, 0.5) is 5.69 Å². The largest absolute Gasteiger partial charge is 0.424 e. The van der Waals surface area contributed by atoms with Crippen molar-refractivity contribution in [3.8, 4) is 11.8 Å². The second kappa shape index (κ2) is 9.80. The molecule has 1 aliphatic rings. The lowest BCUT2D eigenvalue weighted by atomic mass is 10.1. The highest BCUT2D eigenvalue weighted by atomic mass is 16.5. The van der Waals surface area contributed by atoms with Gasteiger partial charge < -0.3 is 14.8 Å². The molecule has 4 rings (SSSR count). The van der Waals surface area contributed by atoms with Gasteiger partial charge in [-0.2, -0.15) is 0 Å². The van der Waals surface area contributed by atoms with Gasteiger partial charge in [0, 0.05) is 49.0 Å². The molecule has 3 aromatic rings. The number of anilines is 1. The Morgan fingerprint density at radius 3 is 2.44 bits per heavy atom. The van der Waals surface area contributed by atoms with Crippen LogP contribution in [-0.2, 0) is 4.74 Å². The van der Waals surface area contributed by atoms with Crippen molar-refractivity contribution in [3.05, 3.63) is 76.6 Å². The number of nitrogens with zero attached hydrogens (tertiary/aromatic N) is 3. The van der Waals surface area contributed by atoms with Gasteiger partial charge in [0.2, 0.25) is 0 Å². The van der Waals surface area contributed by atoms with E-state index < -0.39 is 11.8 Å². The summed E-state index contributed by atoms with van der Waals surface area (Å²) in [6.45, 7) is 4.41. The zero-order chi connectivity index (χ0) is 24.2. The van der Waals surface area contributed by atoms with Crippen molar-refractivity contribution in [2.75, 3.05) is 25.6 Å². The third-order valence-corrected chi connectivity index (χ3v) is 5.23. The van der Waals surface area contributed by atoms with Crippen molar-refractivity contribution >= 4 is 23.4 Å². The summed E-state index contributed by atoms with van der Waals surface area (Å²) in [4.78, 5) is 47.8. The quantitative estimate of drug-likeness (QED) is 0.402. The number of nitrogens with one attached hydrogen (secondary N) is 1. The zero-order valence-corrected chi connectivity index (χ0v) is 19.1. The molecule has 1 N–H and O–H groups in total. The summed E-state index contributed by atoms with van der Waals surface area (Å²) in [6, 6.07) is 13.4. The molecule has 2 heterocycles. The number of benzene rings is 2. The van der Waals surface area contributed by atoms with Gasteiger partial charge in [0.15, 0.2) is 0 Å². The van der Waals surface area contributed by atoms with Crippen LogP contribution in [0.5, 0.6) is 11.8 Å². The second-order valence-corrected chi connectivity index (χ2v) is 7.89. The number of amides is 3. The standard InChI is InChI=1S/C25H24N4O5/c1-15-12-16(2)27-25(26-15)34-19-7-4-6-18(14-19)28-22(30)17-8-9-20-21(13-17)24(32)29(23(20)31)10-5-11-33-3/h4,6-9,12-14H,5,10-11H2,1-3H3,(H,28,30). The number of carbonyl (C=O) groups is 3. The molecule has 0 radical (unpaired) electrons. The van der Waals surface area contributed by atoms with Crippen LogP contribution in [0, 0.1) is 13.8 Å². The molecule has 0 aliphatic carbocycles. The predicted octanol–water partition coefficient (Wildman–Crippen LogP) is 3.77. The molecule has 0 fully saturated rings. The van der Waals surface area contributed by atoms with Crippen molar-refractivity contribution in [2.45, 2.75) is 20.3 Å². The van der Waals surface area contributed by atoms with Crippen LogP contribution in [0.25, 0.3) is 0 Å². The average molecular weight is 460 g/mol. The molecule has 0 spiro atoms. The van der Waals surface area contributed by atoms with Crippen LogP contribution < -0.4 is 10.1 Å². The molecule has 9 nitrogen and oxygen atoms in total. The van der Waals surface area contributed by atoms with E-state index in [-0.39, 0.29) is 29.6 Å². The van der Waals surface area contributed by atoms with E-state index in [0.29, 0.717) is 30.0 Å². The Bertz CT molecular complexity index is 1250. The van der Waals surface area contributed by atoms with Crippen molar-refractivity contribution in [1.29, 1.82) is 0 Å². The van der Waals surface area contributed by atoms with Crippen LogP contribution in [0.1, 0.15) is 48.9 Å². The number of ether oxygens (including phenoxy) is 2. The van der Waals surface area contributed by atoms with Gasteiger partial charge in [0.25, 0.3) is 17.7 Å². The number of carbonyl (C=O) groups excluding carboxylic acids is 3. The second-order valence-electron chi connectivity index (χ2n) is 7.89. The molecule has 9 heteroatoms. The molecule has 0 saturated heterocycles. The molecule has 1 aliphatic heterocycles. The van der Waals surface area contributed by atoms with E-state index in [2.05, 4.69) is 15.3 Å². The molecular weight excluding hydrogens is 436 g/mol. The Morgan fingerprint density at radius 1 is 0.971 bits per heavy atom. The van der Waals surface area contributed by atoms with E-state index in [0.717, 1.165) is 11.4 Å². The first-order valence-electron chi connectivity index (χ1n) is 10.8. The molecule has 34 heavy (non-hydrogen) atoms. The van der Waals surface area contributed by atoms with E-state index in [1.165, 1.54) is 23.1 Å². The highest BCUT2D eigenvalue weighted by molar-refractivity contribution is 6.22. The Kier molecular flexibility index (Phi) is 6.65. The highest BCUT2D eigenvalue weighted by Crippen LogP contribution is 2.26. The van der Waals surface area contributed by atoms with Crippen molar-refractivity contribution in [2.24, 2.45) is 0 Å². The fourth-order valence-corrected chi connectivity index (χ4v) is 3.69. The minimum atomic E-state index is -0.416. The predicted molar refractivity (Wildman–Crippen MR) is 124 cm³/mol. The minimum Gasteiger partial charge on any atom is -0.424 e. The summed E-state index contributed by atoms with van der Waals surface area (Å²) in [6.07, 6.45) is 0.543. The Morgan fingerprint density at radius 2 is 1.71 bits per heavy atom. The molecule has 3 amide bonds. The lowest BCUT2D eigenvalue weighted by Crippen LogP contribution is -2.31. The van der Waals surface area contributed by atoms with E-state index in [4.69, 9.17) is 9.47 Å². The lowest BCUT2D eigenvalue weighted by molar-refractivity contribution is 0.0638. The third kappa shape index (κ3) is 4.94.